The number of alkyl carbamates (subject to hydrolysis) is 1. The van der Waals surface area contributed by atoms with Crippen molar-refractivity contribution in [2.24, 2.45) is 0 Å². The number of amides is 2. The lowest BCUT2D eigenvalue weighted by molar-refractivity contribution is -0.116. The van der Waals surface area contributed by atoms with Crippen molar-refractivity contribution >= 4 is 17.7 Å². The summed E-state index contributed by atoms with van der Waals surface area (Å²) in [4.78, 5) is 25.0. The molecular formula is C17H27N3O3. The highest BCUT2D eigenvalue weighted by Crippen LogP contribution is 2.10. The summed E-state index contributed by atoms with van der Waals surface area (Å²) < 4.78 is 5.17. The maximum atomic E-state index is 11.7. The van der Waals surface area contributed by atoms with Gasteiger partial charge in [-0.15, -0.1) is 0 Å². The Morgan fingerprint density at radius 1 is 1.13 bits per heavy atom. The topological polar surface area (TPSA) is 70.7 Å². The molecule has 0 atom stereocenters. The van der Waals surface area contributed by atoms with E-state index in [9.17, 15) is 9.59 Å². The van der Waals surface area contributed by atoms with Crippen LogP contribution in [0.15, 0.2) is 24.3 Å². The fourth-order valence-electron chi connectivity index (χ4n) is 1.87. The van der Waals surface area contributed by atoms with Gasteiger partial charge in [-0.3, -0.25) is 4.79 Å². The average Bonchev–Trinajstić information content (AvgIpc) is 2.37. The molecule has 2 N–H and O–H groups in total. The number of hydrogen-bond donors (Lipinski definition) is 2. The second-order valence-electron chi connectivity index (χ2n) is 6.66. The lowest BCUT2D eigenvalue weighted by atomic mass is 10.1. The third-order valence-electron chi connectivity index (χ3n) is 2.78. The Morgan fingerprint density at radius 3 is 2.26 bits per heavy atom. The molecule has 0 aliphatic carbocycles. The Labute approximate surface area is 138 Å². The van der Waals surface area contributed by atoms with Crippen molar-refractivity contribution in [2.75, 3.05) is 32.5 Å². The summed E-state index contributed by atoms with van der Waals surface area (Å²) >= 11 is 0. The van der Waals surface area contributed by atoms with Crippen molar-refractivity contribution in [3.63, 3.8) is 0 Å². The number of benzene rings is 1. The fraction of sp³-hybridized carbons (Fsp3) is 0.529. The first-order chi connectivity index (χ1) is 10.7. The molecule has 1 aromatic rings. The zero-order valence-electron chi connectivity index (χ0n) is 14.6. The largest absolute Gasteiger partial charge is 0.444 e. The van der Waals surface area contributed by atoms with Crippen LogP contribution in [-0.2, 0) is 16.0 Å². The SMILES string of the molecule is CN(C)CC(=O)Nc1ccc(CCNC(=O)OC(C)(C)C)cc1. The lowest BCUT2D eigenvalue weighted by Crippen LogP contribution is -2.33. The summed E-state index contributed by atoms with van der Waals surface area (Å²) in [6, 6.07) is 7.58. The summed E-state index contributed by atoms with van der Waals surface area (Å²) in [6.45, 7) is 6.34. The molecule has 0 aliphatic heterocycles. The van der Waals surface area contributed by atoms with E-state index < -0.39 is 11.7 Å². The van der Waals surface area contributed by atoms with Crippen LogP contribution in [0.1, 0.15) is 26.3 Å². The number of rotatable bonds is 6. The highest BCUT2D eigenvalue weighted by Gasteiger charge is 2.15. The number of hydrogen-bond acceptors (Lipinski definition) is 4. The monoisotopic (exact) mass is 321 g/mol. The summed E-state index contributed by atoms with van der Waals surface area (Å²) in [7, 11) is 3.70. The molecule has 128 valence electrons. The quantitative estimate of drug-likeness (QED) is 0.843. The van der Waals surface area contributed by atoms with E-state index in [0.29, 0.717) is 19.5 Å². The van der Waals surface area contributed by atoms with Crippen LogP contribution in [0, 0.1) is 0 Å². The van der Waals surface area contributed by atoms with Gasteiger partial charge in [-0.05, 0) is 59.0 Å². The Hall–Kier alpha value is -2.08. The first-order valence-corrected chi connectivity index (χ1v) is 7.66. The summed E-state index contributed by atoms with van der Waals surface area (Å²) in [5, 5.41) is 5.55. The van der Waals surface area contributed by atoms with Crippen molar-refractivity contribution in [2.45, 2.75) is 32.8 Å². The number of carbonyl (C=O) groups excluding carboxylic acids is 2. The third-order valence-corrected chi connectivity index (χ3v) is 2.78. The summed E-state index contributed by atoms with van der Waals surface area (Å²) in [5.74, 6) is -0.0469. The van der Waals surface area contributed by atoms with Crippen LogP contribution in [0.3, 0.4) is 0 Å². The molecule has 0 spiro atoms. The van der Waals surface area contributed by atoms with Crippen molar-refractivity contribution in [3.8, 4) is 0 Å². The van der Waals surface area contributed by atoms with Gasteiger partial charge in [-0.2, -0.15) is 0 Å². The van der Waals surface area contributed by atoms with E-state index in [1.807, 2.05) is 64.0 Å². The molecule has 1 aromatic carbocycles. The normalized spacial score (nSPS) is 11.2. The van der Waals surface area contributed by atoms with Gasteiger partial charge >= 0.3 is 6.09 Å². The van der Waals surface area contributed by atoms with Gasteiger partial charge in [0.15, 0.2) is 0 Å². The molecule has 6 heteroatoms. The van der Waals surface area contributed by atoms with E-state index in [0.717, 1.165) is 11.3 Å². The fourth-order valence-corrected chi connectivity index (χ4v) is 1.87. The molecule has 0 fully saturated rings. The third kappa shape index (κ3) is 8.83. The summed E-state index contributed by atoms with van der Waals surface area (Å²) in [5.41, 5.74) is 1.35. The molecule has 0 aliphatic rings. The van der Waals surface area contributed by atoms with Crippen LogP contribution in [0.2, 0.25) is 0 Å². The molecule has 6 nitrogen and oxygen atoms in total. The van der Waals surface area contributed by atoms with Gasteiger partial charge in [-0.25, -0.2) is 4.79 Å². The van der Waals surface area contributed by atoms with Gasteiger partial charge in [-0.1, -0.05) is 12.1 Å². The van der Waals surface area contributed by atoms with Crippen LogP contribution in [0.4, 0.5) is 10.5 Å². The standard InChI is InChI=1S/C17H27N3O3/c1-17(2,3)23-16(22)18-11-10-13-6-8-14(9-7-13)19-15(21)12-20(4)5/h6-9H,10-12H2,1-5H3,(H,18,22)(H,19,21). The number of ether oxygens (including phenoxy) is 1. The number of likely N-dealkylation sites (N-methyl/N-ethyl adjacent to an activating group) is 1. The average molecular weight is 321 g/mol. The molecule has 2 amide bonds. The van der Waals surface area contributed by atoms with Crippen molar-refractivity contribution in [3.05, 3.63) is 29.8 Å². The van der Waals surface area contributed by atoms with Crippen LogP contribution >= 0.6 is 0 Å². The second kappa shape index (κ2) is 8.53. The minimum Gasteiger partial charge on any atom is -0.444 e. The predicted octanol–water partition coefficient (Wildman–Crippen LogP) is 2.25. The van der Waals surface area contributed by atoms with Crippen molar-refractivity contribution in [1.82, 2.24) is 10.2 Å². The molecule has 0 radical (unpaired) electrons. The smallest absolute Gasteiger partial charge is 0.407 e. The van der Waals surface area contributed by atoms with E-state index >= 15 is 0 Å². The van der Waals surface area contributed by atoms with Crippen LogP contribution < -0.4 is 10.6 Å². The highest BCUT2D eigenvalue weighted by atomic mass is 16.6. The number of nitrogens with zero attached hydrogens (tertiary/aromatic N) is 1. The molecule has 0 heterocycles. The minimum atomic E-state index is -0.490. The van der Waals surface area contributed by atoms with Crippen LogP contribution in [0.5, 0.6) is 0 Å². The predicted molar refractivity (Wildman–Crippen MR) is 91.6 cm³/mol. The molecule has 1 rings (SSSR count). The van der Waals surface area contributed by atoms with Gasteiger partial charge in [0, 0.05) is 12.2 Å². The Balaban J connectivity index is 2.37. The number of anilines is 1. The molecule has 0 saturated heterocycles. The minimum absolute atomic E-state index is 0.0469. The van der Waals surface area contributed by atoms with E-state index in [-0.39, 0.29) is 5.91 Å². The Bertz CT molecular complexity index is 519. The van der Waals surface area contributed by atoms with E-state index in [1.54, 1.807) is 0 Å². The number of carbonyl (C=O) groups is 2. The van der Waals surface area contributed by atoms with Crippen molar-refractivity contribution in [1.29, 1.82) is 0 Å². The molecule has 23 heavy (non-hydrogen) atoms. The Morgan fingerprint density at radius 2 is 1.74 bits per heavy atom. The van der Waals surface area contributed by atoms with Crippen LogP contribution in [-0.4, -0.2) is 49.7 Å². The maximum absolute atomic E-state index is 11.7. The van der Waals surface area contributed by atoms with Gasteiger partial charge in [0.2, 0.25) is 5.91 Å². The van der Waals surface area contributed by atoms with Gasteiger partial charge in [0.25, 0.3) is 0 Å². The first kappa shape index (κ1) is 19.0. The Kier molecular flexibility index (Phi) is 7.03. The van der Waals surface area contributed by atoms with Gasteiger partial charge < -0.3 is 20.3 Å². The summed E-state index contributed by atoms with van der Waals surface area (Å²) in [6.07, 6.45) is 0.288. The highest BCUT2D eigenvalue weighted by molar-refractivity contribution is 5.92. The van der Waals surface area contributed by atoms with Crippen LogP contribution in [0.25, 0.3) is 0 Å². The zero-order valence-corrected chi connectivity index (χ0v) is 14.6. The first-order valence-electron chi connectivity index (χ1n) is 7.66. The molecule has 0 aromatic heterocycles. The molecule has 0 saturated carbocycles. The molecular weight excluding hydrogens is 294 g/mol. The van der Waals surface area contributed by atoms with Crippen molar-refractivity contribution < 1.29 is 14.3 Å². The molecule has 0 bridgehead atoms. The van der Waals surface area contributed by atoms with E-state index in [1.165, 1.54) is 0 Å². The zero-order chi connectivity index (χ0) is 17.5. The molecule has 0 unspecified atom stereocenters. The second-order valence-corrected chi connectivity index (χ2v) is 6.66. The van der Waals surface area contributed by atoms with Gasteiger partial charge in [0.1, 0.15) is 5.60 Å². The van der Waals surface area contributed by atoms with E-state index in [2.05, 4.69) is 10.6 Å². The van der Waals surface area contributed by atoms with Gasteiger partial charge in [0.05, 0.1) is 6.54 Å². The lowest BCUT2D eigenvalue weighted by Gasteiger charge is -2.19. The van der Waals surface area contributed by atoms with E-state index in [4.69, 9.17) is 4.74 Å². The number of nitrogens with one attached hydrogen (secondary N) is 2. The maximum Gasteiger partial charge on any atom is 0.407 e.